The minimum absolute atomic E-state index is 0.00187. The van der Waals surface area contributed by atoms with Crippen LogP contribution in [0.4, 0.5) is 62.5 Å². The summed E-state index contributed by atoms with van der Waals surface area (Å²) < 4.78 is 118. The monoisotopic (exact) mass is 701 g/mol. The van der Waals surface area contributed by atoms with Gasteiger partial charge >= 0.3 is 42.2 Å². The number of unbranched alkanes of at least 4 members (excludes halogenated alkanes) is 2. The van der Waals surface area contributed by atoms with Crippen molar-refractivity contribution >= 4 is 40.7 Å². The highest BCUT2D eigenvalue weighted by Crippen LogP contribution is 2.38. The number of amides is 3. The first-order chi connectivity index (χ1) is 22.4. The number of rotatable bonds is 14. The molecule has 0 saturated carbocycles. The van der Waals surface area contributed by atoms with Crippen molar-refractivity contribution in [3.8, 4) is 0 Å². The number of hydrogen-bond acceptors (Lipinski definition) is 6. The largest absolute Gasteiger partial charge is 0.471 e. The lowest BCUT2D eigenvalue weighted by atomic mass is 10.1. The topological polar surface area (TPSA) is 115 Å². The Balaban J connectivity index is 1.87. The molecule has 11 nitrogen and oxygen atoms in total. The maximum absolute atomic E-state index is 13.4. The Morgan fingerprint density at radius 1 is 0.792 bits per heavy atom. The predicted octanol–water partition coefficient (Wildman–Crippen LogP) is 5.23. The van der Waals surface area contributed by atoms with Gasteiger partial charge in [0.2, 0.25) is 0 Å². The third-order valence-corrected chi connectivity index (χ3v) is 7.14. The Hall–Kier alpha value is -4.39. The summed E-state index contributed by atoms with van der Waals surface area (Å²) in [6.45, 7) is 1.80. The number of hydrogen-bond donors (Lipinski definition) is 2. The molecule has 3 amide bonds. The van der Waals surface area contributed by atoms with Crippen LogP contribution in [0.2, 0.25) is 0 Å². The highest BCUT2D eigenvalue weighted by molar-refractivity contribution is 6.01. The van der Waals surface area contributed by atoms with Crippen LogP contribution in [0, 0.1) is 0 Å². The number of halogens is 9. The van der Waals surface area contributed by atoms with Crippen LogP contribution in [0.5, 0.6) is 0 Å². The van der Waals surface area contributed by atoms with Gasteiger partial charge in [0.1, 0.15) is 5.69 Å². The van der Waals surface area contributed by atoms with Crippen molar-refractivity contribution in [1.29, 1.82) is 0 Å². The van der Waals surface area contributed by atoms with Crippen LogP contribution in [-0.2, 0) is 27.5 Å². The summed E-state index contributed by atoms with van der Waals surface area (Å²) in [6.07, 6.45) is -9.76. The van der Waals surface area contributed by atoms with Gasteiger partial charge in [0.05, 0.1) is 36.9 Å². The fourth-order valence-corrected chi connectivity index (χ4v) is 4.80. The lowest BCUT2D eigenvalue weighted by molar-refractivity contribution is -0.683. The van der Waals surface area contributed by atoms with Gasteiger partial charge in [-0.2, -0.15) is 39.5 Å². The molecular formula is C28H34F9N8O3+. The van der Waals surface area contributed by atoms with Crippen LogP contribution in [0.1, 0.15) is 39.0 Å². The zero-order chi connectivity index (χ0) is 35.7. The van der Waals surface area contributed by atoms with E-state index in [-0.39, 0.29) is 69.4 Å². The fraction of sp³-hybridized carbons (Fsp3) is 0.571. The molecule has 0 fully saturated rings. The van der Waals surface area contributed by atoms with E-state index in [1.165, 1.54) is 39.7 Å². The van der Waals surface area contributed by atoms with E-state index < -0.39 is 36.3 Å². The van der Waals surface area contributed by atoms with Crippen molar-refractivity contribution in [1.82, 2.24) is 15.2 Å². The summed E-state index contributed by atoms with van der Waals surface area (Å²) in [6, 6.07) is 4.27. The molecule has 2 N–H and O–H groups in total. The summed E-state index contributed by atoms with van der Waals surface area (Å²) >= 11 is 0. The Labute approximate surface area is 268 Å². The highest BCUT2D eigenvalue weighted by Gasteiger charge is 2.45. The van der Waals surface area contributed by atoms with E-state index in [9.17, 15) is 53.9 Å². The zero-order valence-electron chi connectivity index (χ0n) is 25.7. The second-order valence-electron chi connectivity index (χ2n) is 10.7. The van der Waals surface area contributed by atoms with E-state index in [0.717, 1.165) is 19.3 Å². The van der Waals surface area contributed by atoms with Crippen LogP contribution in [0.25, 0.3) is 0 Å². The van der Waals surface area contributed by atoms with Gasteiger partial charge in [0.25, 0.3) is 0 Å². The van der Waals surface area contributed by atoms with Crippen molar-refractivity contribution in [2.75, 3.05) is 42.5 Å². The van der Waals surface area contributed by atoms with Crippen LogP contribution in [0.15, 0.2) is 40.8 Å². The first kappa shape index (κ1) is 38.1. The van der Waals surface area contributed by atoms with Gasteiger partial charge in [-0.3, -0.25) is 14.4 Å². The maximum atomic E-state index is 13.4. The number of aromatic nitrogens is 2. The molecule has 0 aliphatic carbocycles. The number of aryl methyl sites for hydroxylation is 2. The molecule has 2 heterocycles. The summed E-state index contributed by atoms with van der Waals surface area (Å²) in [5.41, 5.74) is 0.424. The molecule has 266 valence electrons. The van der Waals surface area contributed by atoms with E-state index in [1.54, 1.807) is 10.6 Å². The van der Waals surface area contributed by atoms with Gasteiger partial charge in [-0.25, -0.2) is 9.13 Å². The fourth-order valence-electron chi connectivity index (χ4n) is 4.80. The van der Waals surface area contributed by atoms with Crippen molar-refractivity contribution in [2.45, 2.75) is 70.6 Å². The van der Waals surface area contributed by atoms with E-state index in [1.807, 2.05) is 11.8 Å². The highest BCUT2D eigenvalue weighted by atomic mass is 19.4. The second kappa shape index (κ2) is 16.1. The minimum atomic E-state index is -5.13. The summed E-state index contributed by atoms with van der Waals surface area (Å²) in [5, 5.41) is 11.7. The van der Waals surface area contributed by atoms with Crippen molar-refractivity contribution in [2.24, 2.45) is 10.2 Å². The number of carbonyl (C=O) groups excluding carboxylic acids is 3. The average Bonchev–Trinajstić information content (AvgIpc) is 3.39. The maximum Gasteiger partial charge on any atom is 0.471 e. The molecule has 2 aromatic rings. The molecule has 0 radical (unpaired) electrons. The lowest BCUT2D eigenvalue weighted by Gasteiger charge is -2.38. The van der Waals surface area contributed by atoms with E-state index in [0.29, 0.717) is 17.1 Å². The Bertz CT molecular complexity index is 1400. The Morgan fingerprint density at radius 2 is 1.44 bits per heavy atom. The molecule has 0 spiro atoms. The minimum Gasteiger partial charge on any atom is -0.368 e. The number of fused-ring (bicyclic) bond motifs is 1. The molecule has 20 heteroatoms. The normalized spacial score (nSPS) is 14.0. The molecule has 1 aromatic heterocycles. The molecular weight excluding hydrogens is 667 g/mol. The summed E-state index contributed by atoms with van der Waals surface area (Å²) in [4.78, 5) is 37.0. The number of carbonyl (C=O) groups is 3. The van der Waals surface area contributed by atoms with Gasteiger partial charge in [0, 0.05) is 37.8 Å². The van der Waals surface area contributed by atoms with Gasteiger partial charge in [-0.1, -0.05) is 24.9 Å². The number of benzene rings is 1. The first-order valence-electron chi connectivity index (χ1n) is 14.9. The molecule has 0 saturated heterocycles. The van der Waals surface area contributed by atoms with E-state index in [2.05, 4.69) is 10.2 Å². The van der Waals surface area contributed by atoms with Crippen molar-refractivity contribution in [3.05, 3.63) is 30.6 Å². The lowest BCUT2D eigenvalue weighted by Crippen LogP contribution is -2.49. The molecule has 0 atom stereocenters. The second-order valence-corrected chi connectivity index (χ2v) is 10.7. The smallest absolute Gasteiger partial charge is 0.368 e. The molecule has 48 heavy (non-hydrogen) atoms. The van der Waals surface area contributed by atoms with Gasteiger partial charge in [-0.05, 0) is 37.5 Å². The standard InChI is InChI=1S/C28H33F9N8O3/c1-2-3-4-11-42-16-17-45(24(48)28(35,36)37)21-18-19(7-8-20(21)42)40-41-25-43(12-5-9-38-22(46)26(29,30)31)14-15-44(25)13-6-10-39-23(47)27(32,33)34/h7-8,14-15,18H,2-6,9-13,16-17H2,1H3,(H-,38,39,46,47)/p+1. The van der Waals surface area contributed by atoms with Crippen LogP contribution in [0.3, 0.4) is 0 Å². The zero-order valence-corrected chi connectivity index (χ0v) is 25.7. The Kier molecular flexibility index (Phi) is 12.8. The molecule has 0 unspecified atom stereocenters. The average molecular weight is 702 g/mol. The molecule has 1 aliphatic rings. The number of nitrogens with one attached hydrogen (secondary N) is 2. The SMILES string of the molecule is CCCCCN1CCN(C(=O)C(F)(F)F)c2cc(N=Nc3n(CCCNC(=O)C(F)(F)F)cc[n+]3CCCNC(=O)C(F)(F)F)ccc21. The van der Waals surface area contributed by atoms with Crippen LogP contribution in [-0.4, -0.2) is 73.5 Å². The van der Waals surface area contributed by atoms with Crippen molar-refractivity contribution in [3.63, 3.8) is 0 Å². The number of alkyl halides is 9. The first-order valence-corrected chi connectivity index (χ1v) is 14.9. The molecule has 0 bridgehead atoms. The van der Waals surface area contributed by atoms with Crippen LogP contribution >= 0.6 is 0 Å². The van der Waals surface area contributed by atoms with Gasteiger partial charge in [-0.15, -0.1) is 0 Å². The number of anilines is 2. The number of azo groups is 1. The number of nitrogens with zero attached hydrogens (tertiary/aromatic N) is 6. The molecule has 1 aliphatic heterocycles. The van der Waals surface area contributed by atoms with Crippen molar-refractivity contribution < 1.29 is 58.5 Å². The van der Waals surface area contributed by atoms with Gasteiger partial charge < -0.3 is 20.4 Å². The summed E-state index contributed by atoms with van der Waals surface area (Å²) in [7, 11) is 0. The van der Waals surface area contributed by atoms with E-state index in [4.69, 9.17) is 0 Å². The van der Waals surface area contributed by atoms with Crippen LogP contribution < -0.4 is 25.0 Å². The third-order valence-electron chi connectivity index (χ3n) is 7.14. The van der Waals surface area contributed by atoms with E-state index >= 15 is 0 Å². The molecule has 3 rings (SSSR count). The molecule has 1 aromatic carbocycles. The third kappa shape index (κ3) is 10.6. The predicted molar refractivity (Wildman–Crippen MR) is 153 cm³/mol. The quantitative estimate of drug-likeness (QED) is 0.122. The van der Waals surface area contributed by atoms with Gasteiger partial charge in [0.15, 0.2) is 0 Å². The summed E-state index contributed by atoms with van der Waals surface area (Å²) in [5.74, 6) is -6.24. The Morgan fingerprint density at radius 3 is 2.04 bits per heavy atom. The number of imidazole rings is 1.